The summed E-state index contributed by atoms with van der Waals surface area (Å²) in [5, 5.41) is 7.91. The maximum atomic E-state index is 13.0. The van der Waals surface area contributed by atoms with Gasteiger partial charge in [0.25, 0.3) is 5.56 Å². The van der Waals surface area contributed by atoms with Gasteiger partial charge in [-0.2, -0.15) is 9.40 Å². The largest absolute Gasteiger partial charge is 0.272 e. The Morgan fingerprint density at radius 3 is 2.46 bits per heavy atom. The van der Waals surface area contributed by atoms with Crippen molar-refractivity contribution in [3.05, 3.63) is 58.4 Å². The lowest BCUT2D eigenvalue weighted by atomic mass is 10.0. The Kier molecular flexibility index (Phi) is 4.13. The quantitative estimate of drug-likeness (QED) is 0.769. The van der Waals surface area contributed by atoms with Gasteiger partial charge in [0.2, 0.25) is 10.0 Å². The zero-order chi connectivity index (χ0) is 18.3. The Balaban J connectivity index is 1.90. The van der Waals surface area contributed by atoms with Crippen molar-refractivity contribution < 1.29 is 8.42 Å². The van der Waals surface area contributed by atoms with E-state index in [1.54, 1.807) is 31.2 Å². The number of aryl methyl sites for hydroxylation is 1. The number of hydrogen-bond acceptors (Lipinski definition) is 4. The summed E-state index contributed by atoms with van der Waals surface area (Å²) < 4.78 is 27.5. The third kappa shape index (κ3) is 2.73. The minimum atomic E-state index is -3.53. The van der Waals surface area contributed by atoms with Crippen LogP contribution in [-0.2, 0) is 10.0 Å². The summed E-state index contributed by atoms with van der Waals surface area (Å²) in [5.74, 6) is 0. The van der Waals surface area contributed by atoms with Crippen molar-refractivity contribution in [3.8, 4) is 11.3 Å². The van der Waals surface area contributed by atoms with Crippen molar-refractivity contribution in [2.24, 2.45) is 0 Å². The SMILES string of the molecule is Cc1ccc(-c2n[nH]c(=O)c3ccccc23)cc1S(=O)(=O)N1CCCC1. The molecule has 6 nitrogen and oxygen atoms in total. The molecule has 26 heavy (non-hydrogen) atoms. The van der Waals surface area contributed by atoms with Crippen LogP contribution in [0.3, 0.4) is 0 Å². The van der Waals surface area contributed by atoms with Gasteiger partial charge in [0.15, 0.2) is 0 Å². The molecule has 0 spiro atoms. The molecule has 0 saturated carbocycles. The molecule has 134 valence electrons. The first kappa shape index (κ1) is 16.9. The van der Waals surface area contributed by atoms with Gasteiger partial charge in [-0.25, -0.2) is 13.5 Å². The molecule has 0 radical (unpaired) electrons. The number of benzene rings is 2. The summed E-state index contributed by atoms with van der Waals surface area (Å²) in [4.78, 5) is 12.3. The molecule has 1 saturated heterocycles. The summed E-state index contributed by atoms with van der Waals surface area (Å²) >= 11 is 0. The van der Waals surface area contributed by atoms with Crippen molar-refractivity contribution in [1.29, 1.82) is 0 Å². The Morgan fingerprint density at radius 1 is 1.04 bits per heavy atom. The lowest BCUT2D eigenvalue weighted by molar-refractivity contribution is 0.477. The second-order valence-corrected chi connectivity index (χ2v) is 8.44. The van der Waals surface area contributed by atoms with Gasteiger partial charge < -0.3 is 0 Å². The van der Waals surface area contributed by atoms with Crippen molar-refractivity contribution in [2.75, 3.05) is 13.1 Å². The molecule has 0 unspecified atom stereocenters. The van der Waals surface area contributed by atoms with Crippen LogP contribution in [-0.4, -0.2) is 36.0 Å². The fourth-order valence-corrected chi connectivity index (χ4v) is 5.20. The Hall–Kier alpha value is -2.51. The predicted octanol–water partition coefficient (Wildman–Crippen LogP) is 2.68. The number of nitrogens with one attached hydrogen (secondary N) is 1. The van der Waals surface area contributed by atoms with Crippen LogP contribution in [0.2, 0.25) is 0 Å². The van der Waals surface area contributed by atoms with E-state index in [9.17, 15) is 13.2 Å². The van der Waals surface area contributed by atoms with Gasteiger partial charge >= 0.3 is 0 Å². The van der Waals surface area contributed by atoms with E-state index in [1.165, 1.54) is 4.31 Å². The van der Waals surface area contributed by atoms with Crippen LogP contribution in [0.15, 0.2) is 52.2 Å². The summed E-state index contributed by atoms with van der Waals surface area (Å²) in [5.41, 5.74) is 1.68. The van der Waals surface area contributed by atoms with Crippen LogP contribution in [0.25, 0.3) is 22.0 Å². The summed E-state index contributed by atoms with van der Waals surface area (Å²) in [6.07, 6.45) is 1.79. The average molecular weight is 369 g/mol. The van der Waals surface area contributed by atoms with Crippen LogP contribution >= 0.6 is 0 Å². The predicted molar refractivity (Wildman–Crippen MR) is 101 cm³/mol. The van der Waals surface area contributed by atoms with E-state index in [2.05, 4.69) is 10.2 Å². The molecule has 4 rings (SSSR count). The third-order valence-electron chi connectivity index (χ3n) is 4.84. The number of aromatic nitrogens is 2. The molecule has 0 aliphatic carbocycles. The molecular formula is C19H19N3O3S. The van der Waals surface area contributed by atoms with Crippen molar-refractivity contribution in [1.82, 2.24) is 14.5 Å². The van der Waals surface area contributed by atoms with Crippen LogP contribution in [0.4, 0.5) is 0 Å². The molecule has 1 aromatic heterocycles. The van der Waals surface area contributed by atoms with Gasteiger partial charge in [-0.15, -0.1) is 0 Å². The zero-order valence-electron chi connectivity index (χ0n) is 14.4. The molecular weight excluding hydrogens is 350 g/mol. The topological polar surface area (TPSA) is 83.1 Å². The molecule has 0 atom stereocenters. The number of hydrogen-bond donors (Lipinski definition) is 1. The Labute approximate surface area is 151 Å². The van der Waals surface area contributed by atoms with Gasteiger partial charge in [-0.05, 0) is 37.5 Å². The lowest BCUT2D eigenvalue weighted by Gasteiger charge is -2.18. The van der Waals surface area contributed by atoms with E-state index in [4.69, 9.17) is 0 Å². The fourth-order valence-electron chi connectivity index (χ4n) is 3.43. The Bertz CT molecular complexity index is 1150. The summed E-state index contributed by atoms with van der Waals surface area (Å²) in [7, 11) is -3.53. The normalized spacial score (nSPS) is 15.6. The first-order valence-electron chi connectivity index (χ1n) is 8.57. The van der Waals surface area contributed by atoms with Crippen LogP contribution in [0.1, 0.15) is 18.4 Å². The smallest absolute Gasteiger partial charge is 0.267 e. The van der Waals surface area contributed by atoms with Crippen LogP contribution in [0.5, 0.6) is 0 Å². The average Bonchev–Trinajstić information content (AvgIpc) is 3.18. The number of fused-ring (bicyclic) bond motifs is 1. The van der Waals surface area contributed by atoms with Gasteiger partial charge in [0.05, 0.1) is 16.0 Å². The minimum absolute atomic E-state index is 0.263. The fraction of sp³-hybridized carbons (Fsp3) is 0.263. The Morgan fingerprint density at radius 2 is 1.73 bits per heavy atom. The molecule has 2 aromatic carbocycles. The number of sulfonamides is 1. The van der Waals surface area contributed by atoms with Gasteiger partial charge in [0, 0.05) is 24.0 Å². The molecule has 0 amide bonds. The van der Waals surface area contributed by atoms with Crippen molar-refractivity contribution in [3.63, 3.8) is 0 Å². The van der Waals surface area contributed by atoms with E-state index in [1.807, 2.05) is 18.2 Å². The maximum Gasteiger partial charge on any atom is 0.272 e. The molecule has 3 aromatic rings. The second-order valence-electron chi connectivity index (χ2n) is 6.54. The first-order chi connectivity index (χ1) is 12.5. The molecule has 0 bridgehead atoms. The van der Waals surface area contributed by atoms with Crippen molar-refractivity contribution >= 4 is 20.8 Å². The molecule has 1 fully saturated rings. The standard InChI is InChI=1S/C19H19N3O3S/c1-13-8-9-14(12-17(13)26(24,25)22-10-4-5-11-22)18-15-6-2-3-7-16(15)19(23)21-20-18/h2-3,6-9,12H,4-5,10-11H2,1H3,(H,21,23). The first-order valence-corrected chi connectivity index (χ1v) is 10.0. The van der Waals surface area contributed by atoms with Gasteiger partial charge in [0.1, 0.15) is 0 Å². The van der Waals surface area contributed by atoms with E-state index in [0.29, 0.717) is 45.6 Å². The maximum absolute atomic E-state index is 13.0. The number of aromatic amines is 1. The molecule has 1 aliphatic rings. The van der Waals surface area contributed by atoms with E-state index in [0.717, 1.165) is 12.8 Å². The third-order valence-corrected chi connectivity index (χ3v) is 6.88. The summed E-state index contributed by atoms with van der Waals surface area (Å²) in [6.45, 7) is 2.92. The molecule has 2 heterocycles. The summed E-state index contributed by atoms with van der Waals surface area (Å²) in [6, 6.07) is 12.5. The van der Waals surface area contributed by atoms with Crippen molar-refractivity contribution in [2.45, 2.75) is 24.7 Å². The number of nitrogens with zero attached hydrogens (tertiary/aromatic N) is 2. The van der Waals surface area contributed by atoms with Gasteiger partial charge in [-0.3, -0.25) is 4.79 Å². The van der Waals surface area contributed by atoms with E-state index >= 15 is 0 Å². The van der Waals surface area contributed by atoms with E-state index < -0.39 is 10.0 Å². The number of H-pyrrole nitrogens is 1. The minimum Gasteiger partial charge on any atom is -0.267 e. The zero-order valence-corrected chi connectivity index (χ0v) is 15.2. The second kappa shape index (κ2) is 6.34. The highest BCUT2D eigenvalue weighted by Crippen LogP contribution is 2.30. The highest BCUT2D eigenvalue weighted by molar-refractivity contribution is 7.89. The van der Waals surface area contributed by atoms with Gasteiger partial charge in [-0.1, -0.05) is 30.3 Å². The van der Waals surface area contributed by atoms with E-state index in [-0.39, 0.29) is 5.56 Å². The lowest BCUT2D eigenvalue weighted by Crippen LogP contribution is -2.28. The molecule has 1 aliphatic heterocycles. The highest BCUT2D eigenvalue weighted by Gasteiger charge is 2.29. The monoisotopic (exact) mass is 369 g/mol. The van der Waals surface area contributed by atoms with Crippen LogP contribution < -0.4 is 5.56 Å². The highest BCUT2D eigenvalue weighted by atomic mass is 32.2. The molecule has 1 N–H and O–H groups in total. The molecule has 7 heteroatoms. The van der Waals surface area contributed by atoms with Crippen LogP contribution in [0, 0.1) is 6.92 Å². The number of rotatable bonds is 3.